The van der Waals surface area contributed by atoms with E-state index in [0.29, 0.717) is 0 Å². The topological polar surface area (TPSA) is 164 Å². The van der Waals surface area contributed by atoms with Crippen molar-refractivity contribution in [3.8, 4) is 0 Å². The summed E-state index contributed by atoms with van der Waals surface area (Å²) < 4.78 is 1.71. The maximum atomic E-state index is 14.0. The van der Waals surface area contributed by atoms with E-state index in [1.165, 1.54) is 4.90 Å². The minimum atomic E-state index is -0.954. The highest BCUT2D eigenvalue weighted by Gasteiger charge is 2.44. The average molecular weight is 569 g/mol. The van der Waals surface area contributed by atoms with Gasteiger partial charge < -0.3 is 26.6 Å². The molecule has 224 valence electrons. The second-order valence-corrected chi connectivity index (χ2v) is 11.1. The van der Waals surface area contributed by atoms with Gasteiger partial charge in [0.05, 0.1) is 17.8 Å². The van der Waals surface area contributed by atoms with Crippen molar-refractivity contribution in [2.75, 3.05) is 13.6 Å². The van der Waals surface area contributed by atoms with E-state index in [-0.39, 0.29) is 43.2 Å². The molecule has 12 nitrogen and oxygen atoms in total. The fraction of sp³-hybridized carbons (Fsp3) is 0.586. The van der Waals surface area contributed by atoms with Gasteiger partial charge in [0, 0.05) is 25.6 Å². The predicted molar refractivity (Wildman–Crippen MR) is 154 cm³/mol. The molecule has 0 aliphatic carbocycles. The quantitative estimate of drug-likeness (QED) is 0.261. The van der Waals surface area contributed by atoms with Gasteiger partial charge in [0.25, 0.3) is 0 Å². The molecule has 41 heavy (non-hydrogen) atoms. The molecule has 1 aliphatic rings. The lowest BCUT2D eigenvalue weighted by atomic mass is 10.0. The number of amides is 4. The van der Waals surface area contributed by atoms with Gasteiger partial charge in [-0.25, -0.2) is 4.68 Å². The van der Waals surface area contributed by atoms with Crippen molar-refractivity contribution in [1.29, 1.82) is 0 Å². The van der Waals surface area contributed by atoms with Crippen molar-refractivity contribution in [3.05, 3.63) is 47.8 Å². The van der Waals surface area contributed by atoms with Crippen LogP contribution in [-0.4, -0.2) is 81.3 Å². The first kappa shape index (κ1) is 31.7. The molecule has 1 saturated heterocycles. The summed E-state index contributed by atoms with van der Waals surface area (Å²) in [6.07, 6.45) is 5.16. The summed E-state index contributed by atoms with van der Waals surface area (Å²) in [4.78, 5) is 54.1. The van der Waals surface area contributed by atoms with E-state index >= 15 is 0 Å². The van der Waals surface area contributed by atoms with Gasteiger partial charge in [-0.05, 0) is 38.3 Å². The molecule has 0 bridgehead atoms. The molecule has 1 aliphatic heterocycles. The lowest BCUT2D eigenvalue weighted by Gasteiger charge is -2.31. The Morgan fingerprint density at radius 1 is 1.10 bits per heavy atom. The van der Waals surface area contributed by atoms with Crippen LogP contribution in [0, 0.1) is 5.92 Å². The van der Waals surface area contributed by atoms with Crippen LogP contribution >= 0.6 is 0 Å². The molecule has 0 spiro atoms. The Hall–Kier alpha value is -3.80. The Bertz CT molecular complexity index is 1180. The summed E-state index contributed by atoms with van der Waals surface area (Å²) in [6, 6.07) is 5.76. The number of aromatic nitrogens is 3. The zero-order valence-corrected chi connectivity index (χ0v) is 24.7. The fourth-order valence-electron chi connectivity index (χ4n) is 4.90. The number of unbranched alkanes of at least 4 members (excludes halogenated alkanes) is 1. The number of benzene rings is 1. The molecular formula is C29H44N8O4. The zero-order valence-electron chi connectivity index (χ0n) is 24.7. The molecule has 4 amide bonds. The Morgan fingerprint density at radius 3 is 2.41 bits per heavy atom. The van der Waals surface area contributed by atoms with Crippen LogP contribution in [0.15, 0.2) is 36.5 Å². The third kappa shape index (κ3) is 8.35. The van der Waals surface area contributed by atoms with Gasteiger partial charge in [0.1, 0.15) is 18.1 Å². The van der Waals surface area contributed by atoms with Gasteiger partial charge in [0.2, 0.25) is 23.6 Å². The molecular weight excluding hydrogens is 524 g/mol. The highest BCUT2D eigenvalue weighted by atomic mass is 16.2. The van der Waals surface area contributed by atoms with Gasteiger partial charge in [-0.1, -0.05) is 62.7 Å². The van der Waals surface area contributed by atoms with Crippen molar-refractivity contribution in [1.82, 2.24) is 35.8 Å². The van der Waals surface area contributed by atoms with E-state index in [4.69, 9.17) is 5.73 Å². The number of hydrogen-bond donors (Lipinski definition) is 4. The molecule has 5 N–H and O–H groups in total. The van der Waals surface area contributed by atoms with Crippen LogP contribution in [0.2, 0.25) is 0 Å². The maximum Gasteiger partial charge on any atom is 0.246 e. The third-order valence-corrected chi connectivity index (χ3v) is 7.58. The number of nitrogens with zero attached hydrogens (tertiary/aromatic N) is 4. The summed E-state index contributed by atoms with van der Waals surface area (Å²) in [6.45, 7) is 7.70. The summed E-state index contributed by atoms with van der Waals surface area (Å²) in [5.41, 5.74) is 7.36. The Kier molecular flexibility index (Phi) is 11.4. The largest absolute Gasteiger partial charge is 0.368 e. The SMILES string of the molecule is CCCCc1cn([C@@H]2C[C@@H](C(=O)N[C@@H](Cc3ccccc3)C(N)=O)N(C(=O)[C@@H](NC(=O)[C@H](C)NC)C(C)C)C2)nn1. The van der Waals surface area contributed by atoms with Crippen LogP contribution in [0.4, 0.5) is 0 Å². The number of primary amides is 1. The summed E-state index contributed by atoms with van der Waals surface area (Å²) in [5, 5.41) is 17.1. The number of hydrogen-bond acceptors (Lipinski definition) is 7. The number of likely N-dealkylation sites (tertiary alicyclic amines) is 1. The van der Waals surface area contributed by atoms with Gasteiger partial charge >= 0.3 is 0 Å². The third-order valence-electron chi connectivity index (χ3n) is 7.58. The number of carbonyl (C=O) groups is 4. The fourth-order valence-corrected chi connectivity index (χ4v) is 4.90. The number of nitrogens with one attached hydrogen (secondary N) is 3. The number of carbonyl (C=O) groups excluding carboxylic acids is 4. The lowest BCUT2D eigenvalue weighted by Crippen LogP contribution is -2.58. The van der Waals surface area contributed by atoms with E-state index in [2.05, 4.69) is 33.2 Å². The van der Waals surface area contributed by atoms with E-state index < -0.39 is 36.0 Å². The summed E-state index contributed by atoms with van der Waals surface area (Å²) >= 11 is 0. The molecule has 5 atom stereocenters. The zero-order chi connectivity index (χ0) is 30.1. The molecule has 2 heterocycles. The van der Waals surface area contributed by atoms with Crippen molar-refractivity contribution < 1.29 is 19.2 Å². The summed E-state index contributed by atoms with van der Waals surface area (Å²) in [7, 11) is 1.67. The van der Waals surface area contributed by atoms with E-state index in [1.54, 1.807) is 18.7 Å². The average Bonchev–Trinajstić information content (AvgIpc) is 3.61. The van der Waals surface area contributed by atoms with Crippen molar-refractivity contribution >= 4 is 23.6 Å². The number of likely N-dealkylation sites (N-methyl/N-ethyl adjacent to an activating group) is 1. The van der Waals surface area contributed by atoms with Crippen molar-refractivity contribution in [2.45, 2.75) is 90.0 Å². The smallest absolute Gasteiger partial charge is 0.246 e. The molecule has 0 saturated carbocycles. The van der Waals surface area contributed by atoms with Crippen LogP contribution in [0.3, 0.4) is 0 Å². The molecule has 1 aromatic heterocycles. The maximum absolute atomic E-state index is 14.0. The molecule has 0 unspecified atom stereocenters. The van der Waals surface area contributed by atoms with Crippen LogP contribution in [-0.2, 0) is 32.0 Å². The molecule has 3 rings (SSSR count). The first-order chi connectivity index (χ1) is 19.5. The molecule has 0 radical (unpaired) electrons. The predicted octanol–water partition coefficient (Wildman–Crippen LogP) is 0.724. The van der Waals surface area contributed by atoms with Gasteiger partial charge in [-0.15, -0.1) is 5.10 Å². The van der Waals surface area contributed by atoms with Crippen molar-refractivity contribution in [3.63, 3.8) is 0 Å². The number of rotatable bonds is 14. The molecule has 1 aromatic carbocycles. The summed E-state index contributed by atoms with van der Waals surface area (Å²) in [5.74, 6) is -2.07. The standard InChI is InChI=1S/C29H44N8O4/c1-6-7-13-21-16-37(35-34-21)22-15-24(28(40)32-23(26(30)38)14-20-11-9-8-10-12-20)36(17-22)29(41)25(18(2)3)33-27(39)19(4)31-5/h8-12,16,18-19,22-25,31H,6-7,13-15,17H2,1-5H3,(H2,30,38)(H,32,40)(H,33,39)/t19-,22+,23-,24-,25-/m0/s1. The first-order valence-corrected chi connectivity index (χ1v) is 14.4. The Balaban J connectivity index is 1.87. The van der Waals surface area contributed by atoms with Crippen molar-refractivity contribution in [2.24, 2.45) is 11.7 Å². The Labute approximate surface area is 241 Å². The van der Waals surface area contributed by atoms with Crippen LogP contribution in [0.5, 0.6) is 0 Å². The molecule has 1 fully saturated rings. The molecule has 12 heteroatoms. The number of aryl methyl sites for hydroxylation is 1. The minimum Gasteiger partial charge on any atom is -0.368 e. The van der Waals surface area contributed by atoms with E-state index in [1.807, 2.05) is 50.4 Å². The highest BCUT2D eigenvalue weighted by Crippen LogP contribution is 2.29. The number of nitrogens with two attached hydrogens (primary N) is 1. The van der Waals surface area contributed by atoms with Crippen LogP contribution in [0.25, 0.3) is 0 Å². The normalized spacial score (nSPS) is 19.0. The monoisotopic (exact) mass is 568 g/mol. The molecule has 2 aromatic rings. The minimum absolute atomic E-state index is 0.202. The van der Waals surface area contributed by atoms with E-state index in [0.717, 1.165) is 30.5 Å². The second-order valence-electron chi connectivity index (χ2n) is 11.1. The van der Waals surface area contributed by atoms with Crippen LogP contribution in [0.1, 0.15) is 64.3 Å². The Morgan fingerprint density at radius 2 is 1.80 bits per heavy atom. The van der Waals surface area contributed by atoms with Gasteiger partial charge in [-0.3, -0.25) is 19.2 Å². The van der Waals surface area contributed by atoms with Crippen LogP contribution < -0.4 is 21.7 Å². The van der Waals surface area contributed by atoms with E-state index in [9.17, 15) is 19.2 Å². The lowest BCUT2D eigenvalue weighted by molar-refractivity contribution is -0.143. The second kappa shape index (κ2) is 14.7. The van der Waals surface area contributed by atoms with Gasteiger partial charge in [-0.2, -0.15) is 0 Å². The van der Waals surface area contributed by atoms with Gasteiger partial charge in [0.15, 0.2) is 0 Å². The first-order valence-electron chi connectivity index (χ1n) is 14.4. The highest BCUT2D eigenvalue weighted by molar-refractivity contribution is 5.95.